The number of carbonyl (C=O) groups is 1. The van der Waals surface area contributed by atoms with Crippen LogP contribution in [0.3, 0.4) is 0 Å². The summed E-state index contributed by atoms with van der Waals surface area (Å²) in [5, 5.41) is 30.4. The monoisotopic (exact) mass is 503 g/mol. The molecule has 0 saturated carbocycles. The van der Waals surface area contributed by atoms with E-state index in [1.54, 1.807) is 18.2 Å². The van der Waals surface area contributed by atoms with Gasteiger partial charge in [0.05, 0.1) is 6.10 Å². The lowest BCUT2D eigenvalue weighted by Gasteiger charge is -2.44. The lowest BCUT2D eigenvalue weighted by molar-refractivity contribution is 0.0693. The Balaban J connectivity index is 1.76. The smallest absolute Gasteiger partial charge is 0.339 e. The Bertz CT molecular complexity index is 1250. The molecule has 0 spiro atoms. The van der Waals surface area contributed by atoms with Crippen LogP contribution in [-0.2, 0) is 10.8 Å². The quantitative estimate of drug-likeness (QED) is 0.409. The van der Waals surface area contributed by atoms with E-state index < -0.39 is 12.1 Å². The number of nitrogens with zero attached hydrogens (tertiary/aromatic N) is 1. The number of aliphatic hydroxyl groups excluding tert-OH is 1. The topological polar surface area (TPSA) is 81.0 Å². The summed E-state index contributed by atoms with van der Waals surface area (Å²) in [4.78, 5) is 13.7. The van der Waals surface area contributed by atoms with E-state index in [0.717, 1.165) is 37.9 Å². The zero-order chi connectivity index (χ0) is 27.1. The Hall–Kier alpha value is -2.89. The van der Waals surface area contributed by atoms with Gasteiger partial charge < -0.3 is 15.3 Å². The molecule has 0 fully saturated rings. The second-order valence-corrected chi connectivity index (χ2v) is 12.2. The molecule has 0 bridgehead atoms. The highest BCUT2D eigenvalue weighted by Gasteiger charge is 2.40. The van der Waals surface area contributed by atoms with Crippen LogP contribution in [0.2, 0.25) is 0 Å². The summed E-state index contributed by atoms with van der Waals surface area (Å²) in [5.41, 5.74) is 6.78. The molecule has 1 aliphatic carbocycles. The van der Waals surface area contributed by atoms with Crippen molar-refractivity contribution >= 4 is 17.6 Å². The lowest BCUT2D eigenvalue weighted by atomic mass is 9.61. The molecule has 3 N–H and O–H groups in total. The van der Waals surface area contributed by atoms with E-state index in [4.69, 9.17) is 5.11 Å². The molecule has 1 unspecified atom stereocenters. The minimum atomic E-state index is -1.17. The summed E-state index contributed by atoms with van der Waals surface area (Å²) in [5.74, 6) is -1.46. The van der Waals surface area contributed by atoms with Gasteiger partial charge in [-0.25, -0.2) is 4.79 Å². The number of aromatic carboxylic acids is 1. The standard InChI is InChI=1S/C32H41NO4/c1-20(2)33-15-11-22(12-16-33)25-18-23(19-26-29(25)32(5,6)14-13-31(26,3)4)27(34)10-8-21-7-9-24(30(36)37)28(35)17-21/h7-11,17-20,27,34-35H,12-16H2,1-6H3,(H,36,37)/b10-8+. The fourth-order valence-electron chi connectivity index (χ4n) is 5.78. The van der Waals surface area contributed by atoms with Gasteiger partial charge in [-0.15, -0.1) is 0 Å². The third-order valence-electron chi connectivity index (χ3n) is 8.32. The molecule has 0 saturated heterocycles. The molecule has 5 heteroatoms. The van der Waals surface area contributed by atoms with Crippen molar-refractivity contribution in [2.24, 2.45) is 0 Å². The SMILES string of the molecule is CC(C)N1CC=C(c2cc(C(O)/C=C/c3ccc(C(=O)O)c(O)c3)cc3c2C(C)(C)CCC3(C)C)CC1. The van der Waals surface area contributed by atoms with Crippen LogP contribution in [0.25, 0.3) is 11.6 Å². The molecular formula is C32H41NO4. The maximum atomic E-state index is 11.3. The minimum absolute atomic E-state index is 0.0106. The van der Waals surface area contributed by atoms with Crippen LogP contribution in [0, 0.1) is 0 Å². The Kier molecular flexibility index (Phi) is 7.42. The molecular weight excluding hydrogens is 462 g/mol. The van der Waals surface area contributed by atoms with Crippen molar-refractivity contribution in [2.75, 3.05) is 13.1 Å². The maximum Gasteiger partial charge on any atom is 0.339 e. The minimum Gasteiger partial charge on any atom is -0.507 e. The highest BCUT2D eigenvalue weighted by molar-refractivity contribution is 5.91. The molecule has 0 amide bonds. The zero-order valence-electron chi connectivity index (χ0n) is 23.0. The van der Waals surface area contributed by atoms with Crippen molar-refractivity contribution in [2.45, 2.75) is 83.8 Å². The first kappa shape index (κ1) is 27.2. The predicted molar refractivity (Wildman–Crippen MR) is 150 cm³/mol. The van der Waals surface area contributed by atoms with Crippen molar-refractivity contribution in [1.29, 1.82) is 0 Å². The van der Waals surface area contributed by atoms with E-state index >= 15 is 0 Å². The first-order valence-electron chi connectivity index (χ1n) is 13.3. The van der Waals surface area contributed by atoms with Crippen LogP contribution < -0.4 is 0 Å². The van der Waals surface area contributed by atoms with Crippen LogP contribution in [0.4, 0.5) is 0 Å². The van der Waals surface area contributed by atoms with E-state index in [9.17, 15) is 15.0 Å². The van der Waals surface area contributed by atoms with E-state index in [2.05, 4.69) is 64.7 Å². The molecule has 1 heterocycles. The normalized spacial score (nSPS) is 20.1. The number of rotatable bonds is 6. The van der Waals surface area contributed by atoms with Gasteiger partial charge in [-0.2, -0.15) is 0 Å². The Morgan fingerprint density at radius 3 is 2.35 bits per heavy atom. The van der Waals surface area contributed by atoms with Crippen molar-refractivity contribution < 1.29 is 20.1 Å². The van der Waals surface area contributed by atoms with Crippen molar-refractivity contribution in [3.8, 4) is 5.75 Å². The van der Waals surface area contributed by atoms with Gasteiger partial charge in [-0.3, -0.25) is 4.90 Å². The predicted octanol–water partition coefficient (Wildman–Crippen LogP) is 6.68. The lowest BCUT2D eigenvalue weighted by Crippen LogP contribution is -2.37. The maximum absolute atomic E-state index is 11.3. The zero-order valence-corrected chi connectivity index (χ0v) is 23.0. The summed E-state index contributed by atoms with van der Waals surface area (Å²) in [7, 11) is 0. The molecule has 1 atom stereocenters. The van der Waals surface area contributed by atoms with Crippen molar-refractivity contribution in [1.82, 2.24) is 4.90 Å². The Morgan fingerprint density at radius 1 is 1.05 bits per heavy atom. The number of phenols is 1. The van der Waals surface area contributed by atoms with E-state index in [-0.39, 0.29) is 22.1 Å². The van der Waals surface area contributed by atoms with Crippen molar-refractivity contribution in [3.05, 3.63) is 75.9 Å². The number of benzene rings is 2. The molecule has 1 aliphatic heterocycles. The number of hydrogen-bond acceptors (Lipinski definition) is 4. The third kappa shape index (κ3) is 5.53. The molecule has 5 nitrogen and oxygen atoms in total. The molecule has 4 rings (SSSR count). The highest BCUT2D eigenvalue weighted by Crippen LogP contribution is 2.50. The van der Waals surface area contributed by atoms with Gasteiger partial charge in [-0.1, -0.05) is 58.1 Å². The average Bonchev–Trinajstić information content (AvgIpc) is 2.84. The summed E-state index contributed by atoms with van der Waals surface area (Å²) < 4.78 is 0. The molecule has 2 aliphatic rings. The number of fused-ring (bicyclic) bond motifs is 1. The van der Waals surface area contributed by atoms with Gasteiger partial charge in [0.25, 0.3) is 0 Å². The molecule has 2 aromatic rings. The van der Waals surface area contributed by atoms with Crippen LogP contribution in [-0.4, -0.2) is 45.3 Å². The van der Waals surface area contributed by atoms with Crippen LogP contribution in [0.1, 0.15) is 105 Å². The third-order valence-corrected chi connectivity index (χ3v) is 8.32. The number of aliphatic hydroxyl groups is 1. The van der Waals surface area contributed by atoms with Gasteiger partial charge in [0.2, 0.25) is 0 Å². The van der Waals surface area contributed by atoms with Crippen molar-refractivity contribution in [3.63, 3.8) is 0 Å². The number of carboxylic acid groups (broad SMARTS) is 1. The summed E-state index contributed by atoms with van der Waals surface area (Å²) in [6.45, 7) is 15.8. The molecule has 37 heavy (non-hydrogen) atoms. The first-order valence-corrected chi connectivity index (χ1v) is 13.3. The van der Waals surface area contributed by atoms with Gasteiger partial charge in [0, 0.05) is 19.1 Å². The summed E-state index contributed by atoms with van der Waals surface area (Å²) >= 11 is 0. The van der Waals surface area contributed by atoms with Gasteiger partial charge in [0.1, 0.15) is 11.3 Å². The number of aromatic hydroxyl groups is 1. The van der Waals surface area contributed by atoms with Crippen LogP contribution in [0.15, 0.2) is 42.5 Å². The largest absolute Gasteiger partial charge is 0.507 e. The van der Waals surface area contributed by atoms with E-state index in [0.29, 0.717) is 11.6 Å². The van der Waals surface area contributed by atoms with Gasteiger partial charge >= 0.3 is 5.97 Å². The molecule has 0 radical (unpaired) electrons. The summed E-state index contributed by atoms with van der Waals surface area (Å²) in [6.07, 6.45) is 8.19. The molecule has 198 valence electrons. The molecule has 2 aromatic carbocycles. The summed E-state index contributed by atoms with van der Waals surface area (Å²) in [6, 6.07) is 9.29. The van der Waals surface area contributed by atoms with Crippen LogP contribution >= 0.6 is 0 Å². The second kappa shape index (κ2) is 10.1. The fourth-order valence-corrected chi connectivity index (χ4v) is 5.78. The van der Waals surface area contributed by atoms with E-state index in [1.807, 2.05) is 0 Å². The second-order valence-electron chi connectivity index (χ2n) is 12.2. The van der Waals surface area contributed by atoms with E-state index in [1.165, 1.54) is 34.4 Å². The van der Waals surface area contributed by atoms with Gasteiger partial charge in [0.15, 0.2) is 0 Å². The van der Waals surface area contributed by atoms with Gasteiger partial charge in [-0.05, 0) is 95.5 Å². The number of carboxylic acids is 1. The Labute approximate surface area is 221 Å². The van der Waals surface area contributed by atoms with Crippen LogP contribution in [0.5, 0.6) is 5.75 Å². The fraction of sp³-hybridized carbons (Fsp3) is 0.469. The highest BCUT2D eigenvalue weighted by atomic mass is 16.4. The first-order chi connectivity index (χ1) is 17.3. The number of hydrogen-bond donors (Lipinski definition) is 3. The average molecular weight is 504 g/mol. The molecule has 0 aromatic heterocycles. The Morgan fingerprint density at radius 2 is 1.76 bits per heavy atom.